The van der Waals surface area contributed by atoms with Crippen LogP contribution < -0.4 is 9.80 Å². The van der Waals surface area contributed by atoms with Gasteiger partial charge in [0.15, 0.2) is 10.3 Å². The molecule has 0 aliphatic carbocycles. The predicted octanol–water partition coefficient (Wildman–Crippen LogP) is 10.8. The van der Waals surface area contributed by atoms with E-state index in [0.717, 1.165) is 22.5 Å². The number of hydrogen-bond donors (Lipinski definition) is 0. The first kappa shape index (κ1) is 45.2. The van der Waals surface area contributed by atoms with E-state index in [1.54, 1.807) is 29.6 Å². The van der Waals surface area contributed by atoms with Gasteiger partial charge < -0.3 is 9.80 Å². The fourth-order valence-corrected chi connectivity index (χ4v) is 13.0. The SMILES string of the molecule is O=S(=O)(c1cccc(Cl)c1Cl)N1CCN(c2nc(-c3cc(Cl)cc(Cl)c3)cs2)CC1.O=S(=O)(c1cccc(Cl)c1Cl)N1CCN(c2nc(-c3cc(F)cc(F)c3)cs2)CC1. The normalized spacial score (nSPS) is 15.5. The Bertz CT molecular complexity index is 2540. The summed E-state index contributed by atoms with van der Waals surface area (Å²) in [7, 11) is -7.50. The highest BCUT2D eigenvalue weighted by Crippen LogP contribution is 2.36. The maximum absolute atomic E-state index is 13.5. The summed E-state index contributed by atoms with van der Waals surface area (Å²) in [6, 6.07) is 17.7. The molecule has 0 radical (unpaired) electrons. The van der Waals surface area contributed by atoms with Gasteiger partial charge in [0.2, 0.25) is 20.0 Å². The van der Waals surface area contributed by atoms with Crippen molar-refractivity contribution in [2.45, 2.75) is 9.79 Å². The number of hydrogen-bond acceptors (Lipinski definition) is 10. The maximum Gasteiger partial charge on any atom is 0.244 e. The summed E-state index contributed by atoms with van der Waals surface area (Å²) < 4.78 is 81.6. The lowest BCUT2D eigenvalue weighted by Gasteiger charge is -2.34. The lowest BCUT2D eigenvalue weighted by Crippen LogP contribution is -2.48. The molecule has 10 nitrogen and oxygen atoms in total. The van der Waals surface area contributed by atoms with Crippen molar-refractivity contribution in [3.63, 3.8) is 0 Å². The van der Waals surface area contributed by atoms with Crippen molar-refractivity contribution in [1.29, 1.82) is 0 Å². The molecular formula is C38H30Cl6F2N6O4S4. The number of thiazole rings is 2. The highest BCUT2D eigenvalue weighted by molar-refractivity contribution is 7.89. The number of nitrogens with zero attached hydrogens (tertiary/aromatic N) is 6. The van der Waals surface area contributed by atoms with Gasteiger partial charge in [0.1, 0.15) is 21.4 Å². The average Bonchev–Trinajstić information content (AvgIpc) is 3.91. The van der Waals surface area contributed by atoms with Gasteiger partial charge in [-0.1, -0.05) is 81.7 Å². The van der Waals surface area contributed by atoms with E-state index in [9.17, 15) is 25.6 Å². The smallest absolute Gasteiger partial charge is 0.244 e. The molecule has 0 saturated carbocycles. The first-order chi connectivity index (χ1) is 28.5. The molecule has 60 heavy (non-hydrogen) atoms. The van der Waals surface area contributed by atoms with Crippen molar-refractivity contribution >= 4 is 123 Å². The van der Waals surface area contributed by atoms with Crippen LogP contribution >= 0.6 is 92.3 Å². The molecule has 22 heteroatoms. The molecule has 0 spiro atoms. The summed E-state index contributed by atoms with van der Waals surface area (Å²) in [4.78, 5) is 13.2. The summed E-state index contributed by atoms with van der Waals surface area (Å²) >= 11 is 39.2. The first-order valence-corrected chi connectivity index (χ1v) is 24.6. The molecule has 2 aliphatic heterocycles. The minimum Gasteiger partial charge on any atom is -0.345 e. The van der Waals surface area contributed by atoms with Gasteiger partial charge in [-0.05, 0) is 54.6 Å². The molecule has 6 aromatic rings. The molecule has 0 unspecified atom stereocenters. The molecule has 316 valence electrons. The molecular weight excluding hydrogens is 983 g/mol. The van der Waals surface area contributed by atoms with Crippen molar-refractivity contribution < 1.29 is 25.6 Å². The van der Waals surface area contributed by atoms with Gasteiger partial charge in [0.25, 0.3) is 0 Å². The standard InChI is InChI=1S/C19H15Cl4N3O2S2.C19H15Cl2F2N3O2S2/c20-13-8-12(9-14(21)10-13)16-11-29-19(24-16)25-4-6-26(7-5-25)30(27,28)17-3-1-2-15(22)18(17)23;20-15-2-1-3-17(18(15)21)30(27,28)26-6-4-25(5-7-26)19-24-16(11-29-19)12-8-13(22)10-14(23)9-12/h2*1-3,8-11H,4-7H2. The van der Waals surface area contributed by atoms with Gasteiger partial charge in [-0.2, -0.15) is 8.61 Å². The number of aromatic nitrogens is 2. The second-order valence-electron chi connectivity index (χ2n) is 13.2. The molecule has 4 aromatic carbocycles. The Morgan fingerprint density at radius 2 is 0.900 bits per heavy atom. The van der Waals surface area contributed by atoms with Gasteiger partial charge >= 0.3 is 0 Å². The van der Waals surface area contributed by atoms with E-state index in [1.807, 2.05) is 22.4 Å². The van der Waals surface area contributed by atoms with E-state index < -0.39 is 31.7 Å². The Morgan fingerprint density at radius 1 is 0.517 bits per heavy atom. The fourth-order valence-electron chi connectivity index (χ4n) is 6.37. The van der Waals surface area contributed by atoms with Crippen LogP contribution in [0.2, 0.25) is 30.1 Å². The van der Waals surface area contributed by atoms with E-state index in [1.165, 1.54) is 61.6 Å². The summed E-state index contributed by atoms with van der Waals surface area (Å²) in [6.07, 6.45) is 0. The van der Waals surface area contributed by atoms with Crippen LogP contribution in [0.4, 0.5) is 19.0 Å². The van der Waals surface area contributed by atoms with Crippen LogP contribution in [-0.2, 0) is 20.0 Å². The zero-order valence-electron chi connectivity index (χ0n) is 30.7. The number of rotatable bonds is 8. The number of benzene rings is 4. The molecule has 2 aliphatic rings. The fraction of sp³-hybridized carbons (Fsp3) is 0.211. The highest BCUT2D eigenvalue weighted by Gasteiger charge is 2.33. The van der Waals surface area contributed by atoms with Gasteiger partial charge in [-0.25, -0.2) is 35.6 Å². The average molecular weight is 1010 g/mol. The third-order valence-electron chi connectivity index (χ3n) is 9.39. The van der Waals surface area contributed by atoms with E-state index in [0.29, 0.717) is 65.7 Å². The largest absolute Gasteiger partial charge is 0.345 e. The topological polar surface area (TPSA) is 107 Å². The number of sulfonamides is 2. The molecule has 8 rings (SSSR count). The Morgan fingerprint density at radius 3 is 1.30 bits per heavy atom. The quantitative estimate of drug-likeness (QED) is 0.148. The van der Waals surface area contributed by atoms with E-state index >= 15 is 0 Å². The summed E-state index contributed by atoms with van der Waals surface area (Å²) in [5.74, 6) is -1.34. The van der Waals surface area contributed by atoms with Crippen LogP contribution in [0.25, 0.3) is 22.5 Å². The van der Waals surface area contributed by atoms with Crippen LogP contribution in [0, 0.1) is 11.6 Å². The zero-order valence-corrected chi connectivity index (χ0v) is 38.5. The van der Waals surface area contributed by atoms with E-state index in [2.05, 4.69) is 14.9 Å². The molecule has 2 fully saturated rings. The number of anilines is 2. The highest BCUT2D eigenvalue weighted by atomic mass is 35.5. The van der Waals surface area contributed by atoms with Crippen LogP contribution in [0.1, 0.15) is 0 Å². The third kappa shape index (κ3) is 10.0. The van der Waals surface area contributed by atoms with E-state index in [-0.39, 0.29) is 43.0 Å². The Balaban J connectivity index is 0.000000181. The number of halogens is 8. The Kier molecular flexibility index (Phi) is 14.2. The summed E-state index contributed by atoms with van der Waals surface area (Å²) in [5.41, 5.74) is 2.44. The Labute approximate surface area is 383 Å². The molecule has 0 N–H and O–H groups in total. The second-order valence-corrected chi connectivity index (χ2v) is 21.2. The van der Waals surface area contributed by atoms with Gasteiger partial charge in [0.05, 0.1) is 31.5 Å². The molecule has 2 saturated heterocycles. The lowest BCUT2D eigenvalue weighted by atomic mass is 10.1. The lowest BCUT2D eigenvalue weighted by molar-refractivity contribution is 0.384. The van der Waals surface area contributed by atoms with E-state index in [4.69, 9.17) is 69.6 Å². The van der Waals surface area contributed by atoms with Crippen LogP contribution in [0.3, 0.4) is 0 Å². The minimum atomic E-state index is -3.78. The Hall–Kier alpha value is -2.84. The van der Waals surface area contributed by atoms with Crippen LogP contribution in [0.5, 0.6) is 0 Å². The van der Waals surface area contributed by atoms with Crippen molar-refractivity contribution in [3.05, 3.63) is 125 Å². The second kappa shape index (κ2) is 18.9. The van der Waals surface area contributed by atoms with Crippen molar-refractivity contribution in [2.24, 2.45) is 0 Å². The van der Waals surface area contributed by atoms with Crippen LogP contribution in [0.15, 0.2) is 93.3 Å². The van der Waals surface area contributed by atoms with Crippen molar-refractivity contribution in [2.75, 3.05) is 62.2 Å². The summed E-state index contributed by atoms with van der Waals surface area (Å²) in [5, 5.41) is 6.68. The molecule has 0 bridgehead atoms. The van der Waals surface area contributed by atoms with Crippen LogP contribution in [-0.4, -0.2) is 87.8 Å². The van der Waals surface area contributed by atoms with Gasteiger partial charge in [0, 0.05) is 90.4 Å². The predicted molar refractivity (Wildman–Crippen MR) is 240 cm³/mol. The van der Waals surface area contributed by atoms with Crippen molar-refractivity contribution in [3.8, 4) is 22.5 Å². The zero-order chi connectivity index (χ0) is 42.9. The van der Waals surface area contributed by atoms with Gasteiger partial charge in [-0.15, -0.1) is 22.7 Å². The summed E-state index contributed by atoms with van der Waals surface area (Å²) in [6.45, 7) is 3.00. The molecule has 4 heterocycles. The third-order valence-corrected chi connectivity index (χ3v) is 17.4. The molecule has 2 aromatic heterocycles. The van der Waals surface area contributed by atoms with Gasteiger partial charge in [-0.3, -0.25) is 0 Å². The molecule has 0 atom stereocenters. The maximum atomic E-state index is 13.5. The first-order valence-electron chi connectivity index (χ1n) is 17.7. The monoisotopic (exact) mass is 1010 g/mol. The molecule has 0 amide bonds. The number of piperazine rings is 2. The van der Waals surface area contributed by atoms with Crippen molar-refractivity contribution in [1.82, 2.24) is 18.6 Å². The minimum absolute atomic E-state index is 0.00786.